The Labute approximate surface area is 134 Å². The second-order valence-electron chi connectivity index (χ2n) is 5.11. The van der Waals surface area contributed by atoms with Crippen LogP contribution in [0.2, 0.25) is 0 Å². The van der Waals surface area contributed by atoms with Crippen molar-refractivity contribution < 1.29 is 19.2 Å². The van der Waals surface area contributed by atoms with Gasteiger partial charge in [-0.25, -0.2) is 0 Å². The van der Waals surface area contributed by atoms with Crippen molar-refractivity contribution in [2.24, 2.45) is 10.4 Å². The van der Waals surface area contributed by atoms with Crippen molar-refractivity contribution in [2.75, 3.05) is 0 Å². The van der Waals surface area contributed by atoms with Gasteiger partial charge < -0.3 is 0 Å². The second kappa shape index (κ2) is 4.92. The van der Waals surface area contributed by atoms with Crippen LogP contribution in [-0.2, 0) is 0 Å². The van der Waals surface area contributed by atoms with Gasteiger partial charge in [0.1, 0.15) is 0 Å². The van der Waals surface area contributed by atoms with Crippen molar-refractivity contribution in [3.63, 3.8) is 0 Å². The Hall–Kier alpha value is -3.68. The number of imide groups is 2. The van der Waals surface area contributed by atoms with E-state index in [0.717, 1.165) is 0 Å². The molecule has 116 valence electrons. The fourth-order valence-corrected chi connectivity index (χ4v) is 2.60. The van der Waals surface area contributed by atoms with Gasteiger partial charge in [0, 0.05) is 0 Å². The predicted octanol–water partition coefficient (Wildman–Crippen LogP) is 1.86. The third kappa shape index (κ3) is 1.80. The first-order valence-electron chi connectivity index (χ1n) is 6.97. The van der Waals surface area contributed by atoms with Crippen LogP contribution < -0.4 is 0 Å². The molecular formula is C16H8N4O4. The predicted molar refractivity (Wildman–Crippen MR) is 78.7 cm³/mol. The first kappa shape index (κ1) is 13.9. The SMILES string of the molecule is O=C1c2ccccc2C(=O)N1N=NN1C(=O)c2ccccc2C1=O. The summed E-state index contributed by atoms with van der Waals surface area (Å²) in [4.78, 5) is 48.6. The molecule has 0 saturated heterocycles. The molecule has 4 rings (SSSR count). The third-order valence-corrected chi connectivity index (χ3v) is 3.76. The lowest BCUT2D eigenvalue weighted by molar-refractivity contribution is 0.0553. The van der Waals surface area contributed by atoms with Crippen molar-refractivity contribution in [3.8, 4) is 0 Å². The Kier molecular flexibility index (Phi) is 2.86. The number of hydrogen-bond donors (Lipinski definition) is 0. The van der Waals surface area contributed by atoms with Gasteiger partial charge in [0.15, 0.2) is 0 Å². The van der Waals surface area contributed by atoms with E-state index in [1.165, 1.54) is 24.3 Å². The van der Waals surface area contributed by atoms with E-state index in [9.17, 15) is 19.2 Å². The second-order valence-corrected chi connectivity index (χ2v) is 5.11. The van der Waals surface area contributed by atoms with Crippen LogP contribution in [0.5, 0.6) is 0 Å². The Morgan fingerprint density at radius 2 is 0.750 bits per heavy atom. The maximum absolute atomic E-state index is 12.2. The first-order chi connectivity index (χ1) is 11.6. The van der Waals surface area contributed by atoms with Crippen molar-refractivity contribution in [1.82, 2.24) is 10.0 Å². The minimum atomic E-state index is -0.657. The van der Waals surface area contributed by atoms with E-state index in [1.54, 1.807) is 24.3 Å². The molecule has 0 N–H and O–H groups in total. The molecule has 2 heterocycles. The standard InChI is InChI=1S/C16H8N4O4/c21-13-9-5-1-2-6-10(9)14(22)19(13)17-18-20-15(23)11-7-3-4-8-12(11)16(20)24/h1-8H. The number of carbonyl (C=O) groups is 4. The summed E-state index contributed by atoms with van der Waals surface area (Å²) in [7, 11) is 0. The fraction of sp³-hybridized carbons (Fsp3) is 0. The molecule has 2 aromatic carbocycles. The Balaban J connectivity index is 1.64. The Morgan fingerprint density at radius 1 is 0.500 bits per heavy atom. The van der Waals surface area contributed by atoms with E-state index in [0.29, 0.717) is 10.0 Å². The van der Waals surface area contributed by atoms with Crippen LogP contribution in [0.3, 0.4) is 0 Å². The van der Waals surface area contributed by atoms with Crippen LogP contribution in [0, 0.1) is 0 Å². The van der Waals surface area contributed by atoms with Crippen molar-refractivity contribution >= 4 is 23.6 Å². The van der Waals surface area contributed by atoms with Gasteiger partial charge in [0.2, 0.25) is 0 Å². The van der Waals surface area contributed by atoms with Gasteiger partial charge in [-0.3, -0.25) is 19.2 Å². The number of benzene rings is 2. The largest absolute Gasteiger partial charge is 0.283 e. The monoisotopic (exact) mass is 320 g/mol. The summed E-state index contributed by atoms with van der Waals surface area (Å²) in [5.41, 5.74) is 0.792. The summed E-state index contributed by atoms with van der Waals surface area (Å²) in [6.07, 6.45) is 0. The molecule has 0 saturated carbocycles. The summed E-state index contributed by atoms with van der Waals surface area (Å²) in [5, 5.41) is 8.09. The molecule has 2 aromatic rings. The third-order valence-electron chi connectivity index (χ3n) is 3.76. The quantitative estimate of drug-likeness (QED) is 0.622. The molecule has 0 aromatic heterocycles. The minimum absolute atomic E-state index is 0.198. The molecule has 8 heteroatoms. The van der Waals surface area contributed by atoms with E-state index >= 15 is 0 Å². The van der Waals surface area contributed by atoms with Gasteiger partial charge >= 0.3 is 0 Å². The molecule has 0 fully saturated rings. The molecule has 0 bridgehead atoms. The Bertz CT molecular complexity index is 819. The van der Waals surface area contributed by atoms with Gasteiger partial charge in [-0.1, -0.05) is 24.3 Å². The average Bonchev–Trinajstić information content (AvgIpc) is 3.00. The van der Waals surface area contributed by atoms with Crippen molar-refractivity contribution in [1.29, 1.82) is 0 Å². The van der Waals surface area contributed by atoms with Gasteiger partial charge in [-0.15, -0.1) is 10.0 Å². The Morgan fingerprint density at radius 3 is 1.00 bits per heavy atom. The molecular weight excluding hydrogens is 312 g/mol. The smallest absolute Gasteiger partial charge is 0.267 e. The molecule has 0 spiro atoms. The highest BCUT2D eigenvalue weighted by molar-refractivity contribution is 6.22. The zero-order chi connectivity index (χ0) is 16.8. The summed E-state index contributed by atoms with van der Waals surface area (Å²) < 4.78 is 0. The molecule has 4 amide bonds. The van der Waals surface area contributed by atoms with E-state index in [2.05, 4.69) is 10.4 Å². The highest BCUT2D eigenvalue weighted by Crippen LogP contribution is 2.25. The lowest BCUT2D eigenvalue weighted by atomic mass is 10.1. The average molecular weight is 320 g/mol. The van der Waals surface area contributed by atoms with Gasteiger partial charge in [0.05, 0.1) is 22.3 Å². The number of fused-ring (bicyclic) bond motifs is 2. The zero-order valence-electron chi connectivity index (χ0n) is 12.0. The summed E-state index contributed by atoms with van der Waals surface area (Å²) in [5.74, 6) is -2.63. The molecule has 2 aliphatic heterocycles. The maximum atomic E-state index is 12.2. The van der Waals surface area contributed by atoms with Gasteiger partial charge in [0.25, 0.3) is 23.6 Å². The molecule has 0 aliphatic carbocycles. The highest BCUT2D eigenvalue weighted by Gasteiger charge is 2.39. The van der Waals surface area contributed by atoms with E-state index in [1.807, 2.05) is 0 Å². The first-order valence-corrected chi connectivity index (χ1v) is 6.97. The van der Waals surface area contributed by atoms with Crippen LogP contribution in [0.25, 0.3) is 0 Å². The van der Waals surface area contributed by atoms with Crippen molar-refractivity contribution in [3.05, 3.63) is 70.8 Å². The van der Waals surface area contributed by atoms with Gasteiger partial charge in [-0.05, 0) is 34.7 Å². The number of hydrogen-bond acceptors (Lipinski definition) is 6. The molecule has 0 atom stereocenters. The van der Waals surface area contributed by atoms with Crippen molar-refractivity contribution in [2.45, 2.75) is 0 Å². The van der Waals surface area contributed by atoms with Crippen LogP contribution >= 0.6 is 0 Å². The van der Waals surface area contributed by atoms with Gasteiger partial charge in [-0.2, -0.15) is 0 Å². The molecule has 0 radical (unpaired) electrons. The van der Waals surface area contributed by atoms with Crippen LogP contribution in [0.1, 0.15) is 41.4 Å². The number of rotatable bonds is 2. The molecule has 2 aliphatic rings. The van der Waals surface area contributed by atoms with Crippen LogP contribution in [0.4, 0.5) is 0 Å². The molecule has 0 unspecified atom stereocenters. The highest BCUT2D eigenvalue weighted by atomic mass is 16.2. The van der Waals surface area contributed by atoms with Crippen LogP contribution in [-0.4, -0.2) is 33.6 Å². The fourth-order valence-electron chi connectivity index (χ4n) is 2.60. The zero-order valence-corrected chi connectivity index (χ0v) is 12.0. The summed E-state index contributed by atoms with van der Waals surface area (Å²) >= 11 is 0. The minimum Gasteiger partial charge on any atom is -0.267 e. The lowest BCUT2D eigenvalue weighted by Gasteiger charge is -2.07. The van der Waals surface area contributed by atoms with E-state index in [-0.39, 0.29) is 22.3 Å². The number of amides is 4. The molecule has 24 heavy (non-hydrogen) atoms. The summed E-state index contributed by atoms with van der Waals surface area (Å²) in [6.45, 7) is 0. The number of nitrogens with zero attached hydrogens (tertiary/aromatic N) is 4. The van der Waals surface area contributed by atoms with E-state index in [4.69, 9.17) is 0 Å². The topological polar surface area (TPSA) is 99.5 Å². The maximum Gasteiger partial charge on any atom is 0.283 e. The number of carbonyl (C=O) groups excluding carboxylic acids is 4. The van der Waals surface area contributed by atoms with E-state index < -0.39 is 23.6 Å². The van der Waals surface area contributed by atoms with Crippen LogP contribution in [0.15, 0.2) is 59.0 Å². The molecule has 8 nitrogen and oxygen atoms in total. The summed E-state index contributed by atoms with van der Waals surface area (Å²) in [6, 6.07) is 12.5. The normalized spacial score (nSPS) is 16.3. The lowest BCUT2D eigenvalue weighted by Crippen LogP contribution is -2.27.